The number of hydrogen-bond donors (Lipinski definition) is 0. The van der Waals surface area contributed by atoms with Crippen molar-refractivity contribution in [3.63, 3.8) is 0 Å². The molecule has 0 radical (unpaired) electrons. The van der Waals surface area contributed by atoms with Crippen molar-refractivity contribution in [3.05, 3.63) is 65.2 Å². The van der Waals surface area contributed by atoms with E-state index in [-0.39, 0.29) is 18.0 Å². The van der Waals surface area contributed by atoms with Crippen LogP contribution in [0.3, 0.4) is 0 Å². The van der Waals surface area contributed by atoms with E-state index in [1.165, 1.54) is 0 Å². The molecule has 3 aliphatic rings. The molecule has 5 rings (SSSR count). The van der Waals surface area contributed by atoms with Crippen LogP contribution in [0.5, 0.6) is 5.75 Å². The molecule has 31 heavy (non-hydrogen) atoms. The fourth-order valence-electron chi connectivity index (χ4n) is 4.97. The second-order valence-corrected chi connectivity index (χ2v) is 8.61. The third-order valence-corrected chi connectivity index (χ3v) is 6.43. The molecule has 3 aliphatic heterocycles. The number of carbonyl (C=O) groups is 3. The molecule has 160 valence electrons. The summed E-state index contributed by atoms with van der Waals surface area (Å²) in [6.07, 6.45) is 2.47. The number of amides is 1. The highest BCUT2D eigenvalue weighted by molar-refractivity contribution is 6.44. The first kappa shape index (κ1) is 19.9. The van der Waals surface area contributed by atoms with Gasteiger partial charge in [0.1, 0.15) is 17.8 Å². The van der Waals surface area contributed by atoms with Gasteiger partial charge in [-0.2, -0.15) is 0 Å². The number of carbonyl (C=O) groups excluding carboxylic acids is 3. The van der Waals surface area contributed by atoms with Crippen LogP contribution in [-0.4, -0.2) is 47.7 Å². The minimum Gasteiger partial charge on any atom is -0.490 e. The first-order valence-electron chi connectivity index (χ1n) is 10.9. The quantitative estimate of drug-likeness (QED) is 0.423. The minimum atomic E-state index is -1.06. The fourth-order valence-corrected chi connectivity index (χ4v) is 4.97. The Morgan fingerprint density at radius 2 is 1.94 bits per heavy atom. The molecule has 2 aromatic carbocycles. The van der Waals surface area contributed by atoms with Crippen molar-refractivity contribution < 1.29 is 23.9 Å². The average Bonchev–Trinajstić information content (AvgIpc) is 3.48. The van der Waals surface area contributed by atoms with Crippen LogP contribution in [0.4, 0.5) is 0 Å². The van der Waals surface area contributed by atoms with E-state index in [0.29, 0.717) is 18.7 Å². The Balaban J connectivity index is 1.51. The number of Topliss-reactive ketones (excluding diaryl/α,β-unsaturated/α-hetero) is 2. The van der Waals surface area contributed by atoms with E-state index in [2.05, 4.69) is 0 Å². The van der Waals surface area contributed by atoms with Crippen molar-refractivity contribution in [3.8, 4) is 5.75 Å². The number of likely N-dealkylation sites (tertiary alicyclic amines) is 1. The summed E-state index contributed by atoms with van der Waals surface area (Å²) in [5, 5.41) is 0. The molecular weight excluding hydrogens is 394 g/mol. The smallest absolute Gasteiger partial charge is 0.291 e. The lowest BCUT2D eigenvalue weighted by atomic mass is 9.85. The van der Waals surface area contributed by atoms with Gasteiger partial charge in [-0.1, -0.05) is 30.3 Å². The minimum absolute atomic E-state index is 0.0639. The molecule has 1 amide bonds. The summed E-state index contributed by atoms with van der Waals surface area (Å²) in [4.78, 5) is 41.2. The van der Waals surface area contributed by atoms with Crippen LogP contribution in [0.1, 0.15) is 47.3 Å². The van der Waals surface area contributed by atoms with Gasteiger partial charge in [-0.15, -0.1) is 0 Å². The van der Waals surface area contributed by atoms with E-state index in [0.717, 1.165) is 36.1 Å². The van der Waals surface area contributed by atoms with Crippen molar-refractivity contribution >= 4 is 17.5 Å². The predicted octanol–water partition coefficient (Wildman–Crippen LogP) is 3.14. The van der Waals surface area contributed by atoms with Gasteiger partial charge in [0.2, 0.25) is 5.78 Å². The van der Waals surface area contributed by atoms with Gasteiger partial charge in [-0.05, 0) is 49.1 Å². The number of rotatable bonds is 5. The zero-order valence-corrected chi connectivity index (χ0v) is 17.5. The number of ketones is 2. The van der Waals surface area contributed by atoms with Gasteiger partial charge in [-0.25, -0.2) is 0 Å². The summed E-state index contributed by atoms with van der Waals surface area (Å²) in [6.45, 7) is 2.97. The van der Waals surface area contributed by atoms with E-state index >= 15 is 0 Å². The third kappa shape index (κ3) is 3.55. The molecule has 0 bridgehead atoms. The van der Waals surface area contributed by atoms with E-state index in [4.69, 9.17) is 9.47 Å². The summed E-state index contributed by atoms with van der Waals surface area (Å²) in [5.41, 5.74) is 2.20. The second-order valence-electron chi connectivity index (χ2n) is 8.61. The molecule has 4 unspecified atom stereocenters. The summed E-state index contributed by atoms with van der Waals surface area (Å²) >= 11 is 0. The van der Waals surface area contributed by atoms with Gasteiger partial charge in [0, 0.05) is 25.1 Å². The lowest BCUT2D eigenvalue weighted by Crippen LogP contribution is -2.36. The second kappa shape index (κ2) is 7.93. The zero-order valence-electron chi connectivity index (χ0n) is 17.5. The van der Waals surface area contributed by atoms with E-state index in [1.54, 1.807) is 17.0 Å². The highest BCUT2D eigenvalue weighted by Crippen LogP contribution is 2.40. The normalized spacial score (nSPS) is 27.5. The largest absolute Gasteiger partial charge is 0.490 e. The Bertz CT molecular complexity index is 1030. The van der Waals surface area contributed by atoms with Crippen molar-refractivity contribution in [2.24, 2.45) is 5.92 Å². The molecule has 0 spiro atoms. The summed E-state index contributed by atoms with van der Waals surface area (Å²) < 4.78 is 11.5. The van der Waals surface area contributed by atoms with E-state index in [9.17, 15) is 14.4 Å². The molecule has 2 aromatic rings. The first-order chi connectivity index (χ1) is 15.0. The molecule has 0 saturated carbocycles. The van der Waals surface area contributed by atoms with Gasteiger partial charge in [-0.3, -0.25) is 14.4 Å². The standard InChI is InChI=1S/C25H25NO5/c1-15-12-18-13-17(9-10-20(18)31-15)23(27)21-22(16-6-3-2-4-7-16)26(25(29)24(21)28)14-19-8-5-11-30-19/h2-4,6-7,9-10,13,15,19,21-22H,5,8,11-12,14H2,1H3. The van der Waals surface area contributed by atoms with Crippen LogP contribution < -0.4 is 4.74 Å². The third-order valence-electron chi connectivity index (χ3n) is 6.43. The summed E-state index contributed by atoms with van der Waals surface area (Å²) in [5.74, 6) is -1.83. The Labute approximate surface area is 181 Å². The van der Waals surface area contributed by atoms with Crippen LogP contribution in [-0.2, 0) is 20.7 Å². The summed E-state index contributed by atoms with van der Waals surface area (Å²) in [6, 6.07) is 14.0. The SMILES string of the molecule is CC1Cc2cc(C(=O)C3C(=O)C(=O)N(CC4CCCO4)C3c3ccccc3)ccc2O1. The number of ether oxygens (including phenoxy) is 2. The summed E-state index contributed by atoms with van der Waals surface area (Å²) in [7, 11) is 0. The molecule has 2 fully saturated rings. The number of fused-ring (bicyclic) bond motifs is 1. The molecule has 0 aliphatic carbocycles. The highest BCUT2D eigenvalue weighted by atomic mass is 16.5. The Morgan fingerprint density at radius 1 is 1.13 bits per heavy atom. The lowest BCUT2D eigenvalue weighted by Gasteiger charge is -2.29. The zero-order chi connectivity index (χ0) is 21.5. The number of nitrogens with zero attached hydrogens (tertiary/aromatic N) is 1. The molecule has 0 N–H and O–H groups in total. The Morgan fingerprint density at radius 3 is 2.68 bits per heavy atom. The van der Waals surface area contributed by atoms with Crippen LogP contribution in [0, 0.1) is 5.92 Å². The maximum absolute atomic E-state index is 13.6. The van der Waals surface area contributed by atoms with Crippen molar-refractivity contribution in [2.75, 3.05) is 13.2 Å². The monoisotopic (exact) mass is 419 g/mol. The van der Waals surface area contributed by atoms with Crippen LogP contribution in [0.15, 0.2) is 48.5 Å². The fraction of sp³-hybridized carbons (Fsp3) is 0.400. The van der Waals surface area contributed by atoms with E-state index < -0.39 is 23.7 Å². The van der Waals surface area contributed by atoms with Gasteiger partial charge in [0.05, 0.1) is 12.1 Å². The molecule has 6 nitrogen and oxygen atoms in total. The molecule has 2 saturated heterocycles. The van der Waals surface area contributed by atoms with Gasteiger partial charge >= 0.3 is 0 Å². The molecule has 4 atom stereocenters. The van der Waals surface area contributed by atoms with Crippen molar-refractivity contribution in [2.45, 2.75) is 44.4 Å². The van der Waals surface area contributed by atoms with Gasteiger partial charge < -0.3 is 14.4 Å². The Hall–Kier alpha value is -2.99. The van der Waals surface area contributed by atoms with Gasteiger partial charge in [0.25, 0.3) is 5.91 Å². The molecule has 0 aromatic heterocycles. The topological polar surface area (TPSA) is 72.9 Å². The molecule has 6 heteroatoms. The number of benzene rings is 2. The van der Waals surface area contributed by atoms with Crippen LogP contribution in [0.25, 0.3) is 0 Å². The van der Waals surface area contributed by atoms with Crippen LogP contribution in [0.2, 0.25) is 0 Å². The average molecular weight is 419 g/mol. The van der Waals surface area contributed by atoms with Crippen molar-refractivity contribution in [1.29, 1.82) is 0 Å². The lowest BCUT2D eigenvalue weighted by molar-refractivity contribution is -0.141. The maximum atomic E-state index is 13.6. The van der Waals surface area contributed by atoms with Crippen molar-refractivity contribution in [1.82, 2.24) is 4.90 Å². The number of hydrogen-bond acceptors (Lipinski definition) is 5. The molecule has 3 heterocycles. The highest BCUT2D eigenvalue weighted by Gasteiger charge is 2.52. The maximum Gasteiger partial charge on any atom is 0.291 e. The van der Waals surface area contributed by atoms with Gasteiger partial charge in [0.15, 0.2) is 5.78 Å². The Kier molecular flexibility index (Phi) is 5.10. The van der Waals surface area contributed by atoms with Crippen LogP contribution >= 0.6 is 0 Å². The first-order valence-corrected chi connectivity index (χ1v) is 10.9. The molecular formula is C25H25NO5. The predicted molar refractivity (Wildman–Crippen MR) is 113 cm³/mol. The van der Waals surface area contributed by atoms with E-state index in [1.807, 2.05) is 43.3 Å².